The highest BCUT2D eigenvalue weighted by Gasteiger charge is 2.69. The number of halogens is 4. The molecular formula is C18H14ClF3N2O2. The first-order chi connectivity index (χ1) is 12.1. The van der Waals surface area contributed by atoms with E-state index in [1.54, 1.807) is 19.1 Å². The molecule has 3 amide bonds. The Hall–Kier alpha value is -2.54. The number of benzene rings is 2. The summed E-state index contributed by atoms with van der Waals surface area (Å²) >= 11 is 5.78. The van der Waals surface area contributed by atoms with Crippen LogP contribution in [-0.4, -0.2) is 23.7 Å². The fraction of sp³-hybridized carbons (Fsp3) is 0.222. The zero-order valence-electron chi connectivity index (χ0n) is 13.8. The van der Waals surface area contributed by atoms with Crippen molar-refractivity contribution in [1.29, 1.82) is 0 Å². The summed E-state index contributed by atoms with van der Waals surface area (Å²) in [5, 5.41) is 0.335. The lowest BCUT2D eigenvalue weighted by atomic mass is 9.98. The number of alkyl halides is 3. The first kappa shape index (κ1) is 18.3. The van der Waals surface area contributed by atoms with E-state index in [1.165, 1.54) is 36.4 Å². The van der Waals surface area contributed by atoms with E-state index < -0.39 is 23.7 Å². The topological polar surface area (TPSA) is 40.6 Å². The molecule has 1 unspecified atom stereocenters. The highest BCUT2D eigenvalue weighted by molar-refractivity contribution is 6.32. The zero-order valence-corrected chi connectivity index (χ0v) is 14.6. The molecule has 0 radical (unpaired) electrons. The quantitative estimate of drug-likeness (QED) is 0.690. The summed E-state index contributed by atoms with van der Waals surface area (Å²) in [7, 11) is 0. The second-order valence-electron chi connectivity index (χ2n) is 6.14. The van der Waals surface area contributed by atoms with Gasteiger partial charge in [0.25, 0.3) is 5.91 Å². The SMILES string of the molecule is Cc1ccc(N2C(=O)N(c3ccc(Cl)cc3)C(=O)C2(C)C(F)(F)F)cc1. The van der Waals surface area contributed by atoms with Crippen molar-refractivity contribution in [2.75, 3.05) is 9.80 Å². The molecule has 1 aliphatic heterocycles. The van der Waals surface area contributed by atoms with Gasteiger partial charge in [-0.1, -0.05) is 29.3 Å². The summed E-state index contributed by atoms with van der Waals surface area (Å²) in [6, 6.07) is 10.3. The Morgan fingerprint density at radius 2 is 1.42 bits per heavy atom. The second-order valence-corrected chi connectivity index (χ2v) is 6.58. The van der Waals surface area contributed by atoms with Gasteiger partial charge in [0.05, 0.1) is 5.69 Å². The summed E-state index contributed by atoms with van der Waals surface area (Å²) in [6.45, 7) is 2.48. The van der Waals surface area contributed by atoms with E-state index in [0.29, 0.717) is 21.7 Å². The number of imide groups is 1. The molecule has 0 bridgehead atoms. The van der Waals surface area contributed by atoms with Gasteiger partial charge >= 0.3 is 12.2 Å². The molecule has 0 aliphatic carbocycles. The number of carbonyl (C=O) groups excluding carboxylic acids is 2. The normalized spacial score (nSPS) is 20.8. The lowest BCUT2D eigenvalue weighted by Gasteiger charge is -2.33. The van der Waals surface area contributed by atoms with Crippen LogP contribution in [-0.2, 0) is 4.79 Å². The van der Waals surface area contributed by atoms with Crippen molar-refractivity contribution >= 4 is 34.9 Å². The fourth-order valence-corrected chi connectivity index (χ4v) is 2.95. The minimum absolute atomic E-state index is 0.00904. The van der Waals surface area contributed by atoms with Crippen molar-refractivity contribution in [2.45, 2.75) is 25.6 Å². The van der Waals surface area contributed by atoms with Crippen molar-refractivity contribution in [3.63, 3.8) is 0 Å². The summed E-state index contributed by atoms with van der Waals surface area (Å²) in [4.78, 5) is 26.6. The third kappa shape index (κ3) is 2.63. The van der Waals surface area contributed by atoms with Crippen LogP contribution in [0.2, 0.25) is 5.02 Å². The van der Waals surface area contributed by atoms with Gasteiger partial charge in [0.1, 0.15) is 0 Å². The summed E-state index contributed by atoms with van der Waals surface area (Å²) in [5.74, 6) is -1.36. The average molecular weight is 383 g/mol. The third-order valence-corrected chi connectivity index (χ3v) is 4.63. The van der Waals surface area contributed by atoms with E-state index >= 15 is 0 Å². The third-order valence-electron chi connectivity index (χ3n) is 4.38. The van der Waals surface area contributed by atoms with Gasteiger partial charge in [-0.05, 0) is 50.2 Å². The molecule has 2 aromatic carbocycles. The number of rotatable bonds is 2. The summed E-state index contributed by atoms with van der Waals surface area (Å²) < 4.78 is 41.6. The minimum atomic E-state index is -4.97. The number of hydrogen-bond acceptors (Lipinski definition) is 2. The van der Waals surface area contributed by atoms with E-state index in [1.807, 2.05) is 0 Å². The molecule has 2 aromatic rings. The van der Waals surface area contributed by atoms with Gasteiger partial charge in [0, 0.05) is 10.7 Å². The molecule has 1 aliphatic rings. The second kappa shape index (κ2) is 6.02. The predicted molar refractivity (Wildman–Crippen MR) is 92.5 cm³/mol. The van der Waals surface area contributed by atoms with E-state index in [2.05, 4.69) is 0 Å². The lowest BCUT2D eigenvalue weighted by Crippen LogP contribution is -2.58. The average Bonchev–Trinajstić information content (AvgIpc) is 2.77. The van der Waals surface area contributed by atoms with Crippen LogP contribution in [0.1, 0.15) is 12.5 Å². The van der Waals surface area contributed by atoms with Crippen LogP contribution in [0.5, 0.6) is 0 Å². The van der Waals surface area contributed by atoms with Crippen LogP contribution in [0.25, 0.3) is 0 Å². The number of aryl methyl sites for hydroxylation is 1. The van der Waals surface area contributed by atoms with E-state index in [0.717, 1.165) is 5.56 Å². The van der Waals surface area contributed by atoms with Crippen LogP contribution in [0.3, 0.4) is 0 Å². The van der Waals surface area contributed by atoms with Crippen molar-refractivity contribution in [1.82, 2.24) is 0 Å². The number of nitrogens with zero attached hydrogens (tertiary/aromatic N) is 2. The smallest absolute Gasteiger partial charge is 0.271 e. The van der Waals surface area contributed by atoms with E-state index in [-0.39, 0.29) is 11.4 Å². The molecule has 0 saturated carbocycles. The minimum Gasteiger partial charge on any atom is -0.271 e. The van der Waals surface area contributed by atoms with Gasteiger partial charge in [-0.2, -0.15) is 13.2 Å². The van der Waals surface area contributed by atoms with Crippen molar-refractivity contribution < 1.29 is 22.8 Å². The maximum absolute atomic E-state index is 13.9. The van der Waals surface area contributed by atoms with E-state index in [9.17, 15) is 22.8 Å². The van der Waals surface area contributed by atoms with E-state index in [4.69, 9.17) is 11.6 Å². The maximum Gasteiger partial charge on any atom is 0.421 e. The molecule has 3 rings (SSSR count). The molecule has 1 saturated heterocycles. The molecule has 0 spiro atoms. The summed E-state index contributed by atoms with van der Waals surface area (Å²) in [6.07, 6.45) is -4.97. The highest BCUT2D eigenvalue weighted by Crippen LogP contribution is 2.45. The zero-order chi connectivity index (χ0) is 19.3. The van der Waals surface area contributed by atoms with Gasteiger partial charge in [-0.15, -0.1) is 0 Å². The number of amides is 3. The highest BCUT2D eigenvalue weighted by atomic mass is 35.5. The first-order valence-electron chi connectivity index (χ1n) is 7.65. The Bertz CT molecular complexity index is 866. The fourth-order valence-electron chi connectivity index (χ4n) is 2.82. The Morgan fingerprint density at radius 3 is 1.92 bits per heavy atom. The molecule has 0 N–H and O–H groups in total. The van der Waals surface area contributed by atoms with Gasteiger partial charge in [0.15, 0.2) is 0 Å². The Morgan fingerprint density at radius 1 is 0.923 bits per heavy atom. The van der Waals surface area contributed by atoms with Gasteiger partial charge in [-0.3, -0.25) is 9.69 Å². The summed E-state index contributed by atoms with van der Waals surface area (Å²) in [5.41, 5.74) is -2.19. The molecule has 4 nitrogen and oxygen atoms in total. The molecule has 136 valence electrons. The van der Waals surface area contributed by atoms with Gasteiger partial charge in [-0.25, -0.2) is 9.69 Å². The van der Waals surface area contributed by atoms with Gasteiger partial charge in [0.2, 0.25) is 5.54 Å². The molecule has 26 heavy (non-hydrogen) atoms. The number of hydrogen-bond donors (Lipinski definition) is 0. The van der Waals surface area contributed by atoms with Crippen LogP contribution in [0.4, 0.5) is 29.3 Å². The lowest BCUT2D eigenvalue weighted by molar-refractivity contribution is -0.182. The predicted octanol–water partition coefficient (Wildman–Crippen LogP) is 4.94. The van der Waals surface area contributed by atoms with Crippen molar-refractivity contribution in [2.24, 2.45) is 0 Å². The molecule has 1 atom stereocenters. The number of urea groups is 1. The van der Waals surface area contributed by atoms with Gasteiger partial charge < -0.3 is 0 Å². The number of carbonyl (C=O) groups is 2. The first-order valence-corrected chi connectivity index (χ1v) is 8.03. The Balaban J connectivity index is 2.17. The molecule has 1 fully saturated rings. The van der Waals surface area contributed by atoms with Crippen LogP contribution >= 0.6 is 11.6 Å². The molecule has 1 heterocycles. The molecular weight excluding hydrogens is 369 g/mol. The Labute approximate surface area is 152 Å². The monoisotopic (exact) mass is 382 g/mol. The van der Waals surface area contributed by atoms with Crippen LogP contribution < -0.4 is 9.80 Å². The molecule has 0 aromatic heterocycles. The Kier molecular flexibility index (Phi) is 4.23. The maximum atomic E-state index is 13.9. The van der Waals surface area contributed by atoms with Crippen molar-refractivity contribution in [3.05, 3.63) is 59.1 Å². The van der Waals surface area contributed by atoms with Crippen molar-refractivity contribution in [3.8, 4) is 0 Å². The van der Waals surface area contributed by atoms with Crippen LogP contribution in [0, 0.1) is 6.92 Å². The standard InChI is InChI=1S/C18H14ClF3N2O2/c1-11-3-7-14(8-4-11)24-16(26)23(13-9-5-12(19)6-10-13)15(25)17(24,2)18(20,21)22/h3-10H,1-2H3. The number of anilines is 2. The largest absolute Gasteiger partial charge is 0.421 e. The van der Waals surface area contributed by atoms with Crippen LogP contribution in [0.15, 0.2) is 48.5 Å². The molecule has 8 heteroatoms.